The monoisotopic (exact) mass is 245 g/mol. The van der Waals surface area contributed by atoms with Gasteiger partial charge in [0.2, 0.25) is 11.8 Å². The minimum absolute atomic E-state index is 0.241. The van der Waals surface area contributed by atoms with Crippen LogP contribution < -0.4 is 11.1 Å². The molecule has 0 spiro atoms. The zero-order valence-corrected chi connectivity index (χ0v) is 9.46. The first-order chi connectivity index (χ1) is 8.65. The highest BCUT2D eigenvalue weighted by Crippen LogP contribution is 2.26. The van der Waals surface area contributed by atoms with Crippen molar-refractivity contribution in [2.45, 2.75) is 18.8 Å². The number of carbonyl (C=O) groups excluding carboxylic acids is 2. The molecule has 7 heteroatoms. The van der Waals surface area contributed by atoms with Crippen LogP contribution in [-0.2, 0) is 9.59 Å². The number of nitrogen functional groups attached to an aromatic ring is 1. The molecule has 1 atom stereocenters. The second kappa shape index (κ2) is 3.80. The maximum atomic E-state index is 11.8. The maximum Gasteiger partial charge on any atom is 0.235 e. The highest BCUT2D eigenvalue weighted by molar-refractivity contribution is 6.00. The van der Waals surface area contributed by atoms with Gasteiger partial charge in [0.1, 0.15) is 6.33 Å². The fourth-order valence-corrected chi connectivity index (χ4v) is 2.19. The van der Waals surface area contributed by atoms with E-state index in [1.54, 1.807) is 16.6 Å². The lowest BCUT2D eigenvalue weighted by Gasteiger charge is -2.21. The van der Waals surface area contributed by atoms with Gasteiger partial charge in [0.15, 0.2) is 5.65 Å². The average molecular weight is 245 g/mol. The zero-order chi connectivity index (χ0) is 12.7. The molecule has 1 aliphatic heterocycles. The van der Waals surface area contributed by atoms with Gasteiger partial charge in [-0.05, 0) is 12.5 Å². The van der Waals surface area contributed by atoms with Gasteiger partial charge in [0, 0.05) is 18.2 Å². The summed E-state index contributed by atoms with van der Waals surface area (Å²) >= 11 is 0. The van der Waals surface area contributed by atoms with Gasteiger partial charge in [-0.15, -0.1) is 0 Å². The standard InChI is InChI=1S/C11H11N5O2/c12-6-3-8(16-9(4-6)13-5-14-16)7-1-2-10(17)15-11(7)18/h3-5,7H,1-2,12H2,(H,15,17,18). The van der Waals surface area contributed by atoms with E-state index in [2.05, 4.69) is 15.4 Å². The number of hydrogen-bond acceptors (Lipinski definition) is 5. The van der Waals surface area contributed by atoms with E-state index in [9.17, 15) is 9.59 Å². The van der Waals surface area contributed by atoms with Crippen LogP contribution in [0.1, 0.15) is 24.5 Å². The minimum Gasteiger partial charge on any atom is -0.399 e. The molecule has 2 amide bonds. The molecule has 0 aromatic carbocycles. The molecule has 1 unspecified atom stereocenters. The number of piperidine rings is 1. The number of nitrogens with zero attached hydrogens (tertiary/aromatic N) is 3. The smallest absolute Gasteiger partial charge is 0.235 e. The molecule has 1 fully saturated rings. The number of aromatic nitrogens is 3. The summed E-state index contributed by atoms with van der Waals surface area (Å²) in [6.45, 7) is 0. The van der Waals surface area contributed by atoms with Gasteiger partial charge in [-0.3, -0.25) is 14.9 Å². The quantitative estimate of drug-likeness (QED) is 0.679. The number of anilines is 1. The number of amides is 2. The van der Waals surface area contributed by atoms with Crippen molar-refractivity contribution < 1.29 is 9.59 Å². The Labute approximate surface area is 102 Å². The Balaban J connectivity index is 2.11. The van der Waals surface area contributed by atoms with E-state index in [-0.39, 0.29) is 11.8 Å². The molecule has 1 aliphatic rings. The van der Waals surface area contributed by atoms with Crippen LogP contribution in [0.3, 0.4) is 0 Å². The van der Waals surface area contributed by atoms with E-state index in [0.29, 0.717) is 29.9 Å². The molecule has 2 aromatic rings. The number of rotatable bonds is 1. The van der Waals surface area contributed by atoms with Crippen LogP contribution in [0.4, 0.5) is 5.69 Å². The largest absolute Gasteiger partial charge is 0.399 e. The van der Waals surface area contributed by atoms with Crippen LogP contribution >= 0.6 is 0 Å². The van der Waals surface area contributed by atoms with Crippen LogP contribution in [0.15, 0.2) is 18.5 Å². The highest BCUT2D eigenvalue weighted by Gasteiger charge is 2.30. The zero-order valence-electron chi connectivity index (χ0n) is 9.46. The summed E-state index contributed by atoms with van der Waals surface area (Å²) in [6, 6.07) is 3.38. The van der Waals surface area contributed by atoms with Gasteiger partial charge in [-0.1, -0.05) is 0 Å². The Morgan fingerprint density at radius 3 is 3.00 bits per heavy atom. The minimum atomic E-state index is -0.421. The average Bonchev–Trinajstić information content (AvgIpc) is 2.76. The van der Waals surface area contributed by atoms with Gasteiger partial charge in [0.05, 0.1) is 11.6 Å². The summed E-state index contributed by atoms with van der Waals surface area (Å²) < 4.78 is 1.58. The number of nitrogens with one attached hydrogen (secondary N) is 1. The van der Waals surface area contributed by atoms with E-state index >= 15 is 0 Å². The van der Waals surface area contributed by atoms with Gasteiger partial charge >= 0.3 is 0 Å². The molecule has 0 radical (unpaired) electrons. The third kappa shape index (κ3) is 1.60. The Morgan fingerprint density at radius 2 is 2.22 bits per heavy atom. The summed E-state index contributed by atoms with van der Waals surface area (Å²) in [6.07, 6.45) is 2.19. The molecule has 7 nitrogen and oxygen atoms in total. The Kier molecular flexibility index (Phi) is 2.26. The third-order valence-electron chi connectivity index (χ3n) is 3.03. The molecule has 2 aromatic heterocycles. The molecular formula is C11H11N5O2. The molecule has 0 saturated carbocycles. The van der Waals surface area contributed by atoms with E-state index < -0.39 is 5.92 Å². The normalized spacial score (nSPS) is 20.1. The van der Waals surface area contributed by atoms with E-state index in [4.69, 9.17) is 5.73 Å². The molecule has 18 heavy (non-hydrogen) atoms. The van der Waals surface area contributed by atoms with Crippen LogP contribution in [0.25, 0.3) is 5.65 Å². The second-order valence-corrected chi connectivity index (χ2v) is 4.25. The maximum absolute atomic E-state index is 11.8. The summed E-state index contributed by atoms with van der Waals surface area (Å²) in [5.74, 6) is -0.973. The molecule has 3 N–H and O–H groups in total. The second-order valence-electron chi connectivity index (χ2n) is 4.25. The number of nitrogens with two attached hydrogens (primary N) is 1. The first-order valence-electron chi connectivity index (χ1n) is 5.58. The van der Waals surface area contributed by atoms with E-state index in [1.165, 1.54) is 6.33 Å². The van der Waals surface area contributed by atoms with Crippen molar-refractivity contribution in [2.75, 3.05) is 5.73 Å². The fourth-order valence-electron chi connectivity index (χ4n) is 2.19. The Bertz CT molecular complexity index is 648. The molecule has 3 heterocycles. The number of imide groups is 1. The van der Waals surface area contributed by atoms with Gasteiger partial charge in [0.25, 0.3) is 0 Å². The predicted molar refractivity (Wildman–Crippen MR) is 62.5 cm³/mol. The summed E-state index contributed by atoms with van der Waals surface area (Å²) in [5, 5.41) is 6.40. The summed E-state index contributed by atoms with van der Waals surface area (Å²) in [5.41, 5.74) is 7.56. The van der Waals surface area contributed by atoms with Crippen molar-refractivity contribution in [1.82, 2.24) is 19.9 Å². The number of pyridine rings is 1. The molecule has 1 saturated heterocycles. The van der Waals surface area contributed by atoms with Crippen molar-refractivity contribution in [3.63, 3.8) is 0 Å². The first-order valence-corrected chi connectivity index (χ1v) is 5.58. The topological polar surface area (TPSA) is 102 Å². The molecule has 92 valence electrons. The fraction of sp³-hybridized carbons (Fsp3) is 0.273. The lowest BCUT2D eigenvalue weighted by Crippen LogP contribution is -2.40. The lowest BCUT2D eigenvalue weighted by atomic mass is 9.94. The molecular weight excluding hydrogens is 234 g/mol. The van der Waals surface area contributed by atoms with Crippen LogP contribution in [0.2, 0.25) is 0 Å². The van der Waals surface area contributed by atoms with Crippen molar-refractivity contribution >= 4 is 23.1 Å². The molecule has 0 aliphatic carbocycles. The van der Waals surface area contributed by atoms with E-state index in [0.717, 1.165) is 0 Å². The van der Waals surface area contributed by atoms with E-state index in [1.807, 2.05) is 0 Å². The van der Waals surface area contributed by atoms with Crippen molar-refractivity contribution in [2.24, 2.45) is 0 Å². The summed E-state index contributed by atoms with van der Waals surface area (Å²) in [7, 11) is 0. The first kappa shape index (κ1) is 10.7. The third-order valence-corrected chi connectivity index (χ3v) is 3.03. The van der Waals surface area contributed by atoms with Gasteiger partial charge < -0.3 is 5.73 Å². The van der Waals surface area contributed by atoms with Gasteiger partial charge in [-0.25, -0.2) is 9.50 Å². The SMILES string of the molecule is Nc1cc(C2CCC(=O)NC2=O)n2ncnc2c1. The summed E-state index contributed by atoms with van der Waals surface area (Å²) in [4.78, 5) is 27.0. The van der Waals surface area contributed by atoms with Crippen LogP contribution in [-0.4, -0.2) is 26.4 Å². The van der Waals surface area contributed by atoms with Gasteiger partial charge in [-0.2, -0.15) is 5.10 Å². The van der Waals surface area contributed by atoms with Crippen molar-refractivity contribution in [1.29, 1.82) is 0 Å². The number of hydrogen-bond donors (Lipinski definition) is 2. The Hall–Kier alpha value is -2.44. The molecule has 3 rings (SSSR count). The van der Waals surface area contributed by atoms with Crippen molar-refractivity contribution in [3.8, 4) is 0 Å². The Morgan fingerprint density at radius 1 is 1.39 bits per heavy atom. The molecule has 0 bridgehead atoms. The predicted octanol–water partition coefficient (Wildman–Crippen LogP) is -0.168. The number of fused-ring (bicyclic) bond motifs is 1. The van der Waals surface area contributed by atoms with Crippen molar-refractivity contribution in [3.05, 3.63) is 24.2 Å². The van der Waals surface area contributed by atoms with Crippen LogP contribution in [0, 0.1) is 0 Å². The highest BCUT2D eigenvalue weighted by atomic mass is 16.2. The number of carbonyl (C=O) groups is 2. The lowest BCUT2D eigenvalue weighted by molar-refractivity contribution is -0.134. The van der Waals surface area contributed by atoms with Crippen LogP contribution in [0.5, 0.6) is 0 Å².